The molecule has 1 amide bonds. The Morgan fingerprint density at radius 1 is 1.13 bits per heavy atom. The lowest BCUT2D eigenvalue weighted by Gasteiger charge is -2.12. The van der Waals surface area contributed by atoms with Crippen LogP contribution in [0.4, 0.5) is 0 Å². The van der Waals surface area contributed by atoms with Gasteiger partial charge in [0.15, 0.2) is 5.96 Å². The van der Waals surface area contributed by atoms with E-state index in [1.54, 1.807) is 30.1 Å². The van der Waals surface area contributed by atoms with Crippen molar-refractivity contribution in [2.75, 3.05) is 20.1 Å². The van der Waals surface area contributed by atoms with Gasteiger partial charge in [-0.3, -0.25) is 14.5 Å². The van der Waals surface area contributed by atoms with E-state index in [1.165, 1.54) is 0 Å². The van der Waals surface area contributed by atoms with Crippen LogP contribution in [-0.2, 0) is 13.6 Å². The van der Waals surface area contributed by atoms with E-state index in [4.69, 9.17) is 0 Å². The molecular weight excluding hydrogens is 292 g/mol. The van der Waals surface area contributed by atoms with Gasteiger partial charge in [0, 0.05) is 38.9 Å². The van der Waals surface area contributed by atoms with Crippen molar-refractivity contribution >= 4 is 11.9 Å². The topological polar surface area (TPSA) is 83.3 Å². The first kappa shape index (κ1) is 16.5. The summed E-state index contributed by atoms with van der Waals surface area (Å²) in [6.07, 6.45) is 1.76. The molecule has 3 N–H and O–H groups in total. The van der Waals surface area contributed by atoms with Crippen LogP contribution in [0.5, 0.6) is 0 Å². The minimum atomic E-state index is -0.0785. The van der Waals surface area contributed by atoms with Gasteiger partial charge in [-0.15, -0.1) is 0 Å². The molecule has 0 saturated carbocycles. The number of nitrogens with zero attached hydrogens (tertiary/aromatic N) is 3. The van der Waals surface area contributed by atoms with E-state index < -0.39 is 0 Å². The Morgan fingerprint density at radius 2 is 1.87 bits per heavy atom. The van der Waals surface area contributed by atoms with Crippen LogP contribution in [-0.4, -0.2) is 41.8 Å². The molecule has 23 heavy (non-hydrogen) atoms. The number of aliphatic imine (C=N–C) groups is 1. The van der Waals surface area contributed by atoms with Crippen LogP contribution < -0.4 is 16.0 Å². The fourth-order valence-electron chi connectivity index (χ4n) is 2.02. The predicted octanol–water partition coefficient (Wildman–Crippen LogP) is 0.515. The van der Waals surface area contributed by atoms with Crippen molar-refractivity contribution in [2.45, 2.75) is 6.54 Å². The maximum Gasteiger partial charge on any atom is 0.251 e. The van der Waals surface area contributed by atoms with Crippen molar-refractivity contribution in [1.82, 2.24) is 25.7 Å². The number of benzene rings is 1. The van der Waals surface area contributed by atoms with Crippen LogP contribution in [0, 0.1) is 0 Å². The summed E-state index contributed by atoms with van der Waals surface area (Å²) in [7, 11) is 3.60. The Labute approximate surface area is 135 Å². The summed E-state index contributed by atoms with van der Waals surface area (Å²) < 4.78 is 1.81. The first-order valence-electron chi connectivity index (χ1n) is 7.45. The first-order chi connectivity index (χ1) is 11.2. The van der Waals surface area contributed by atoms with E-state index >= 15 is 0 Å². The Morgan fingerprint density at radius 3 is 2.52 bits per heavy atom. The summed E-state index contributed by atoms with van der Waals surface area (Å²) in [6.45, 7) is 1.73. The molecule has 1 heterocycles. The predicted molar refractivity (Wildman–Crippen MR) is 90.2 cm³/mol. The third-order valence-electron chi connectivity index (χ3n) is 3.32. The third-order valence-corrected chi connectivity index (χ3v) is 3.32. The number of carbonyl (C=O) groups is 1. The quantitative estimate of drug-likeness (QED) is 0.412. The molecule has 0 atom stereocenters. The molecule has 0 aliphatic carbocycles. The molecule has 0 bridgehead atoms. The Hall–Kier alpha value is -2.83. The van der Waals surface area contributed by atoms with Crippen LogP contribution in [0.2, 0.25) is 0 Å². The molecule has 1 aromatic carbocycles. The van der Waals surface area contributed by atoms with Crippen molar-refractivity contribution in [3.8, 4) is 0 Å². The normalized spacial score (nSPS) is 11.1. The zero-order valence-electron chi connectivity index (χ0n) is 13.4. The zero-order chi connectivity index (χ0) is 16.5. The van der Waals surface area contributed by atoms with Crippen molar-refractivity contribution in [2.24, 2.45) is 12.0 Å². The van der Waals surface area contributed by atoms with Crippen molar-refractivity contribution in [3.05, 3.63) is 53.9 Å². The monoisotopic (exact) mass is 314 g/mol. The Kier molecular flexibility index (Phi) is 6.17. The number of hydrogen-bond donors (Lipinski definition) is 3. The molecule has 0 fully saturated rings. The van der Waals surface area contributed by atoms with Gasteiger partial charge in [-0.05, 0) is 18.2 Å². The van der Waals surface area contributed by atoms with Crippen LogP contribution in [0.3, 0.4) is 0 Å². The summed E-state index contributed by atoms with van der Waals surface area (Å²) in [5, 5.41) is 13.3. The standard InChI is InChI=1S/C16H22N6O/c1-17-16(20-12-14-8-9-21-22(14)2)19-11-10-18-15(23)13-6-4-3-5-7-13/h3-9H,10-12H2,1-2H3,(H,18,23)(H2,17,19,20). The van der Waals surface area contributed by atoms with Gasteiger partial charge in [-0.1, -0.05) is 18.2 Å². The number of nitrogens with one attached hydrogen (secondary N) is 3. The van der Waals surface area contributed by atoms with E-state index in [0.717, 1.165) is 5.69 Å². The van der Waals surface area contributed by atoms with Gasteiger partial charge in [0.2, 0.25) is 0 Å². The van der Waals surface area contributed by atoms with E-state index in [0.29, 0.717) is 31.2 Å². The zero-order valence-corrected chi connectivity index (χ0v) is 13.4. The number of rotatable bonds is 6. The van der Waals surface area contributed by atoms with Gasteiger partial charge in [0.1, 0.15) is 0 Å². The highest BCUT2D eigenvalue weighted by Crippen LogP contribution is 1.97. The lowest BCUT2D eigenvalue weighted by Crippen LogP contribution is -2.41. The summed E-state index contributed by atoms with van der Waals surface area (Å²) in [4.78, 5) is 16.0. The number of aromatic nitrogens is 2. The molecular formula is C16H22N6O. The Bertz CT molecular complexity index is 650. The van der Waals surface area contributed by atoms with Crippen LogP contribution >= 0.6 is 0 Å². The minimum Gasteiger partial charge on any atom is -0.355 e. The third kappa shape index (κ3) is 5.14. The lowest BCUT2D eigenvalue weighted by molar-refractivity contribution is 0.0954. The maximum absolute atomic E-state index is 11.9. The number of guanidine groups is 1. The lowest BCUT2D eigenvalue weighted by atomic mass is 10.2. The number of aryl methyl sites for hydroxylation is 1. The molecule has 0 aliphatic heterocycles. The smallest absolute Gasteiger partial charge is 0.251 e. The van der Waals surface area contributed by atoms with Gasteiger partial charge in [-0.2, -0.15) is 5.10 Å². The highest BCUT2D eigenvalue weighted by atomic mass is 16.1. The molecule has 2 aromatic rings. The maximum atomic E-state index is 11.9. The van der Waals surface area contributed by atoms with Gasteiger partial charge in [-0.25, -0.2) is 0 Å². The van der Waals surface area contributed by atoms with Gasteiger partial charge in [0.25, 0.3) is 5.91 Å². The summed E-state index contributed by atoms with van der Waals surface area (Å²) in [6, 6.07) is 11.1. The fraction of sp³-hybridized carbons (Fsp3) is 0.312. The minimum absolute atomic E-state index is 0.0785. The molecule has 7 heteroatoms. The average molecular weight is 314 g/mol. The summed E-state index contributed by atoms with van der Waals surface area (Å²) >= 11 is 0. The number of amides is 1. The largest absolute Gasteiger partial charge is 0.355 e. The van der Waals surface area contributed by atoms with Gasteiger partial charge < -0.3 is 16.0 Å². The molecule has 1 aromatic heterocycles. The molecule has 0 spiro atoms. The first-order valence-corrected chi connectivity index (χ1v) is 7.45. The molecule has 0 aliphatic rings. The molecule has 7 nitrogen and oxygen atoms in total. The molecule has 122 valence electrons. The summed E-state index contributed by atoms with van der Waals surface area (Å²) in [5.74, 6) is 0.602. The second-order valence-corrected chi connectivity index (χ2v) is 4.92. The SMILES string of the molecule is CN=C(NCCNC(=O)c1ccccc1)NCc1ccnn1C. The second-order valence-electron chi connectivity index (χ2n) is 4.92. The molecule has 0 radical (unpaired) electrons. The van der Waals surface area contributed by atoms with E-state index in [-0.39, 0.29) is 5.91 Å². The van der Waals surface area contributed by atoms with Crippen molar-refractivity contribution < 1.29 is 4.79 Å². The average Bonchev–Trinajstić information content (AvgIpc) is 3.00. The highest BCUT2D eigenvalue weighted by molar-refractivity contribution is 5.94. The van der Waals surface area contributed by atoms with Crippen LogP contribution in [0.25, 0.3) is 0 Å². The fourth-order valence-corrected chi connectivity index (χ4v) is 2.02. The van der Waals surface area contributed by atoms with Crippen LogP contribution in [0.15, 0.2) is 47.6 Å². The molecule has 0 unspecified atom stereocenters. The van der Waals surface area contributed by atoms with Gasteiger partial charge >= 0.3 is 0 Å². The summed E-state index contributed by atoms with van der Waals surface area (Å²) in [5.41, 5.74) is 1.72. The number of hydrogen-bond acceptors (Lipinski definition) is 3. The van der Waals surface area contributed by atoms with E-state index in [1.807, 2.05) is 31.3 Å². The van der Waals surface area contributed by atoms with Crippen LogP contribution in [0.1, 0.15) is 16.1 Å². The van der Waals surface area contributed by atoms with Crippen molar-refractivity contribution in [3.63, 3.8) is 0 Å². The van der Waals surface area contributed by atoms with E-state index in [9.17, 15) is 4.79 Å². The van der Waals surface area contributed by atoms with Crippen molar-refractivity contribution in [1.29, 1.82) is 0 Å². The molecule has 2 rings (SSSR count). The second kappa shape index (κ2) is 8.57. The highest BCUT2D eigenvalue weighted by Gasteiger charge is 2.04. The number of carbonyl (C=O) groups excluding carboxylic acids is 1. The Balaban J connectivity index is 1.68. The van der Waals surface area contributed by atoms with Gasteiger partial charge in [0.05, 0.1) is 12.2 Å². The molecule has 0 saturated heterocycles. The van der Waals surface area contributed by atoms with E-state index in [2.05, 4.69) is 26.0 Å².